The molecule has 1 aromatic carbocycles. The largest absolute Gasteiger partial charge is 0.270 e. The molecule has 0 aliphatic carbocycles. The molecule has 0 bridgehead atoms. The Morgan fingerprint density at radius 1 is 1.43 bits per heavy atom. The van der Waals surface area contributed by atoms with Crippen molar-refractivity contribution >= 4 is 16.6 Å². The minimum Gasteiger partial charge on any atom is -0.258 e. The van der Waals surface area contributed by atoms with Gasteiger partial charge in [-0.3, -0.25) is 10.1 Å². The van der Waals surface area contributed by atoms with Crippen molar-refractivity contribution in [1.82, 2.24) is 9.97 Å². The summed E-state index contributed by atoms with van der Waals surface area (Å²) < 4.78 is 0. The summed E-state index contributed by atoms with van der Waals surface area (Å²) in [6, 6.07) is 4.53. The molecule has 70 valence electrons. The maximum absolute atomic E-state index is 10.5. The van der Waals surface area contributed by atoms with E-state index in [-0.39, 0.29) is 5.69 Å². The molecule has 0 aliphatic heterocycles. The Hall–Kier alpha value is -2.04. The summed E-state index contributed by atoms with van der Waals surface area (Å²) in [7, 11) is 0. The highest BCUT2D eigenvalue weighted by molar-refractivity contribution is 5.80. The first-order valence-electron chi connectivity index (χ1n) is 4.04. The lowest BCUT2D eigenvalue weighted by molar-refractivity contribution is -0.384. The number of hydrogen-bond acceptors (Lipinski definition) is 4. The van der Waals surface area contributed by atoms with Crippen molar-refractivity contribution in [2.45, 2.75) is 6.92 Å². The van der Waals surface area contributed by atoms with Crippen LogP contribution in [0, 0.1) is 17.0 Å². The van der Waals surface area contributed by atoms with Gasteiger partial charge in [0.15, 0.2) is 0 Å². The highest BCUT2D eigenvalue weighted by Crippen LogP contribution is 2.18. The number of nitro groups is 1. The zero-order valence-corrected chi connectivity index (χ0v) is 7.47. The second kappa shape index (κ2) is 3.02. The third-order valence-corrected chi connectivity index (χ3v) is 1.89. The van der Waals surface area contributed by atoms with Crippen LogP contribution in [-0.2, 0) is 0 Å². The second-order valence-electron chi connectivity index (χ2n) is 2.92. The van der Waals surface area contributed by atoms with E-state index in [0.29, 0.717) is 11.2 Å². The standard InChI is InChI=1S/C9H7N3O2/c1-6-10-5-7-4-8(12(13)14)2-3-9(7)11-6/h2-5H,1H3. The van der Waals surface area contributed by atoms with Gasteiger partial charge in [-0.1, -0.05) is 0 Å². The van der Waals surface area contributed by atoms with Crippen LogP contribution >= 0.6 is 0 Å². The number of nitrogens with zero attached hydrogens (tertiary/aromatic N) is 3. The average Bonchev–Trinajstić information content (AvgIpc) is 2.16. The summed E-state index contributed by atoms with van der Waals surface area (Å²) in [5.41, 5.74) is 0.785. The Bertz CT molecular complexity index is 510. The minimum atomic E-state index is -0.431. The predicted molar refractivity (Wildman–Crippen MR) is 50.9 cm³/mol. The van der Waals surface area contributed by atoms with Crippen LogP contribution in [0.3, 0.4) is 0 Å². The monoisotopic (exact) mass is 189 g/mol. The van der Waals surface area contributed by atoms with Crippen molar-refractivity contribution in [3.8, 4) is 0 Å². The fourth-order valence-corrected chi connectivity index (χ4v) is 1.23. The van der Waals surface area contributed by atoms with Crippen molar-refractivity contribution in [2.75, 3.05) is 0 Å². The van der Waals surface area contributed by atoms with Crippen LogP contribution in [-0.4, -0.2) is 14.9 Å². The second-order valence-corrected chi connectivity index (χ2v) is 2.92. The van der Waals surface area contributed by atoms with E-state index in [1.165, 1.54) is 12.1 Å². The zero-order chi connectivity index (χ0) is 10.1. The van der Waals surface area contributed by atoms with Crippen molar-refractivity contribution < 1.29 is 4.92 Å². The third kappa shape index (κ3) is 1.39. The first-order chi connectivity index (χ1) is 6.66. The van der Waals surface area contributed by atoms with Crippen LogP contribution in [0.25, 0.3) is 10.9 Å². The Kier molecular flexibility index (Phi) is 1.85. The smallest absolute Gasteiger partial charge is 0.258 e. The van der Waals surface area contributed by atoms with Crippen molar-refractivity contribution in [1.29, 1.82) is 0 Å². The van der Waals surface area contributed by atoms with Gasteiger partial charge in [-0.15, -0.1) is 0 Å². The molecule has 0 N–H and O–H groups in total. The molecular formula is C9H7N3O2. The number of rotatable bonds is 1. The van der Waals surface area contributed by atoms with Gasteiger partial charge < -0.3 is 0 Å². The molecule has 0 saturated carbocycles. The molecule has 0 amide bonds. The average molecular weight is 189 g/mol. The normalized spacial score (nSPS) is 10.4. The summed E-state index contributed by atoms with van der Waals surface area (Å²) in [6.45, 7) is 1.78. The van der Waals surface area contributed by atoms with Gasteiger partial charge in [0.05, 0.1) is 10.4 Å². The zero-order valence-electron chi connectivity index (χ0n) is 7.47. The summed E-state index contributed by atoms with van der Waals surface area (Å²) >= 11 is 0. The van der Waals surface area contributed by atoms with E-state index in [0.717, 1.165) is 5.52 Å². The molecule has 0 unspecified atom stereocenters. The van der Waals surface area contributed by atoms with Crippen LogP contribution in [0.15, 0.2) is 24.4 Å². The van der Waals surface area contributed by atoms with Crippen LogP contribution in [0.2, 0.25) is 0 Å². The van der Waals surface area contributed by atoms with Crippen LogP contribution in [0.4, 0.5) is 5.69 Å². The Morgan fingerprint density at radius 3 is 2.93 bits per heavy atom. The maximum atomic E-state index is 10.5. The molecule has 2 aromatic rings. The number of non-ortho nitro benzene ring substituents is 1. The molecule has 0 atom stereocenters. The molecule has 1 heterocycles. The SMILES string of the molecule is Cc1ncc2cc([N+](=O)[O-])ccc2n1. The Morgan fingerprint density at radius 2 is 2.21 bits per heavy atom. The lowest BCUT2D eigenvalue weighted by Crippen LogP contribution is -1.90. The van der Waals surface area contributed by atoms with Crippen molar-refractivity contribution in [3.63, 3.8) is 0 Å². The lowest BCUT2D eigenvalue weighted by atomic mass is 10.2. The van der Waals surface area contributed by atoms with E-state index in [1.807, 2.05) is 0 Å². The lowest BCUT2D eigenvalue weighted by Gasteiger charge is -1.97. The van der Waals surface area contributed by atoms with E-state index >= 15 is 0 Å². The van der Waals surface area contributed by atoms with Crippen molar-refractivity contribution in [3.05, 3.63) is 40.3 Å². The highest BCUT2D eigenvalue weighted by Gasteiger charge is 2.06. The molecule has 14 heavy (non-hydrogen) atoms. The molecule has 2 rings (SSSR count). The van der Waals surface area contributed by atoms with Crippen LogP contribution < -0.4 is 0 Å². The number of fused-ring (bicyclic) bond motifs is 1. The molecule has 0 radical (unpaired) electrons. The summed E-state index contributed by atoms with van der Waals surface area (Å²) in [4.78, 5) is 18.2. The van der Waals surface area contributed by atoms with Gasteiger partial charge in [0.25, 0.3) is 5.69 Å². The quantitative estimate of drug-likeness (QED) is 0.507. The van der Waals surface area contributed by atoms with E-state index in [1.54, 1.807) is 19.2 Å². The highest BCUT2D eigenvalue weighted by atomic mass is 16.6. The predicted octanol–water partition coefficient (Wildman–Crippen LogP) is 1.85. The topological polar surface area (TPSA) is 68.9 Å². The summed E-state index contributed by atoms with van der Waals surface area (Å²) in [5.74, 6) is 0.659. The third-order valence-electron chi connectivity index (χ3n) is 1.89. The van der Waals surface area contributed by atoms with Gasteiger partial charge in [0.2, 0.25) is 0 Å². The number of aromatic nitrogens is 2. The first-order valence-corrected chi connectivity index (χ1v) is 4.04. The fourth-order valence-electron chi connectivity index (χ4n) is 1.23. The van der Waals surface area contributed by atoms with Gasteiger partial charge in [-0.25, -0.2) is 9.97 Å². The molecule has 0 saturated heterocycles. The Labute approximate surface area is 79.6 Å². The molecule has 5 nitrogen and oxygen atoms in total. The van der Waals surface area contributed by atoms with Gasteiger partial charge >= 0.3 is 0 Å². The first kappa shape index (κ1) is 8.55. The molecule has 5 heteroatoms. The number of hydrogen-bond donors (Lipinski definition) is 0. The van der Waals surface area contributed by atoms with Gasteiger partial charge in [0.1, 0.15) is 5.82 Å². The van der Waals surface area contributed by atoms with Gasteiger partial charge in [0, 0.05) is 23.7 Å². The van der Waals surface area contributed by atoms with Crippen LogP contribution in [0.1, 0.15) is 5.82 Å². The van der Waals surface area contributed by atoms with Gasteiger partial charge in [-0.05, 0) is 13.0 Å². The maximum Gasteiger partial charge on any atom is 0.270 e. The van der Waals surface area contributed by atoms with Crippen LogP contribution in [0.5, 0.6) is 0 Å². The molecule has 0 aliphatic rings. The number of nitro benzene ring substituents is 1. The molecule has 1 aromatic heterocycles. The number of aryl methyl sites for hydroxylation is 1. The molecule has 0 spiro atoms. The number of benzene rings is 1. The molecular weight excluding hydrogens is 182 g/mol. The molecule has 0 fully saturated rings. The summed E-state index contributed by atoms with van der Waals surface area (Å²) in [5, 5.41) is 11.2. The minimum absolute atomic E-state index is 0.0601. The van der Waals surface area contributed by atoms with Gasteiger partial charge in [-0.2, -0.15) is 0 Å². The van der Waals surface area contributed by atoms with E-state index in [4.69, 9.17) is 0 Å². The van der Waals surface area contributed by atoms with E-state index in [2.05, 4.69) is 9.97 Å². The summed E-state index contributed by atoms with van der Waals surface area (Å²) in [6.07, 6.45) is 1.59. The van der Waals surface area contributed by atoms with Crippen molar-refractivity contribution in [2.24, 2.45) is 0 Å². The fraction of sp³-hybridized carbons (Fsp3) is 0.111. The van der Waals surface area contributed by atoms with E-state index in [9.17, 15) is 10.1 Å². The van der Waals surface area contributed by atoms with E-state index < -0.39 is 4.92 Å². The Balaban J connectivity index is 2.67.